The number of rotatable bonds is 8. The smallest absolute Gasteiger partial charge is 0.338 e. The van der Waals surface area contributed by atoms with Crippen LogP contribution in [0.5, 0.6) is 5.75 Å². The summed E-state index contributed by atoms with van der Waals surface area (Å²) >= 11 is 6.07. The molecule has 2 aromatic rings. The summed E-state index contributed by atoms with van der Waals surface area (Å²) in [5.41, 5.74) is 1.14. The molecule has 1 saturated heterocycles. The van der Waals surface area contributed by atoms with Crippen LogP contribution in [0.3, 0.4) is 0 Å². The molecule has 3 rings (SSSR count). The molecular formula is C22H24ClNO5. The van der Waals surface area contributed by atoms with Crippen LogP contribution < -0.4 is 10.1 Å². The van der Waals surface area contributed by atoms with E-state index in [1.165, 1.54) is 6.92 Å². The van der Waals surface area contributed by atoms with Gasteiger partial charge in [-0.3, -0.25) is 4.79 Å². The maximum absolute atomic E-state index is 12.3. The number of carbonyl (C=O) groups is 2. The molecule has 0 radical (unpaired) electrons. The Morgan fingerprint density at radius 1 is 1.21 bits per heavy atom. The SMILES string of the molecule is C[C@@H](OC(=O)c1ccc(OC[C@@H]2CCCO2)cc1)C(=O)NCc1ccccc1Cl. The highest BCUT2D eigenvalue weighted by molar-refractivity contribution is 6.31. The van der Waals surface area contributed by atoms with Gasteiger partial charge in [0.05, 0.1) is 11.7 Å². The van der Waals surface area contributed by atoms with E-state index in [0.29, 0.717) is 22.9 Å². The Morgan fingerprint density at radius 3 is 2.66 bits per heavy atom. The van der Waals surface area contributed by atoms with Gasteiger partial charge in [0, 0.05) is 18.2 Å². The van der Waals surface area contributed by atoms with E-state index in [9.17, 15) is 9.59 Å². The predicted octanol–water partition coefficient (Wildman–Crippen LogP) is 3.76. The molecule has 0 aromatic heterocycles. The maximum atomic E-state index is 12.3. The van der Waals surface area contributed by atoms with Gasteiger partial charge in [-0.05, 0) is 55.7 Å². The summed E-state index contributed by atoms with van der Waals surface area (Å²) in [6.45, 7) is 3.06. The van der Waals surface area contributed by atoms with E-state index in [-0.39, 0.29) is 12.6 Å². The molecule has 1 aliphatic rings. The Balaban J connectivity index is 1.45. The van der Waals surface area contributed by atoms with Crippen molar-refractivity contribution in [3.8, 4) is 5.75 Å². The van der Waals surface area contributed by atoms with Gasteiger partial charge >= 0.3 is 5.97 Å². The van der Waals surface area contributed by atoms with Crippen LogP contribution in [0.2, 0.25) is 5.02 Å². The largest absolute Gasteiger partial charge is 0.491 e. The molecule has 2 aromatic carbocycles. The fourth-order valence-electron chi connectivity index (χ4n) is 2.90. The van der Waals surface area contributed by atoms with E-state index in [0.717, 1.165) is 25.0 Å². The van der Waals surface area contributed by atoms with Gasteiger partial charge in [-0.15, -0.1) is 0 Å². The number of amides is 1. The minimum Gasteiger partial charge on any atom is -0.491 e. The average molecular weight is 418 g/mol. The molecule has 7 heteroatoms. The van der Waals surface area contributed by atoms with Crippen molar-refractivity contribution in [1.29, 1.82) is 0 Å². The van der Waals surface area contributed by atoms with Crippen LogP contribution in [0.1, 0.15) is 35.7 Å². The topological polar surface area (TPSA) is 73.9 Å². The third-order valence-corrected chi connectivity index (χ3v) is 4.98. The lowest BCUT2D eigenvalue weighted by Gasteiger charge is -2.14. The standard InChI is InChI=1S/C22H24ClNO5/c1-15(21(25)24-13-17-5-2-3-7-20(17)23)29-22(26)16-8-10-18(11-9-16)28-14-19-6-4-12-27-19/h2-3,5,7-11,15,19H,4,6,12-14H2,1H3,(H,24,25)/t15-,19+/m1/s1. The average Bonchev–Trinajstić information content (AvgIpc) is 3.25. The van der Waals surface area contributed by atoms with Crippen molar-refractivity contribution in [2.75, 3.05) is 13.2 Å². The zero-order chi connectivity index (χ0) is 20.6. The number of hydrogen-bond donors (Lipinski definition) is 1. The third-order valence-electron chi connectivity index (χ3n) is 4.61. The lowest BCUT2D eigenvalue weighted by Crippen LogP contribution is -2.35. The van der Waals surface area contributed by atoms with E-state index < -0.39 is 18.0 Å². The van der Waals surface area contributed by atoms with Gasteiger partial charge in [0.15, 0.2) is 6.10 Å². The quantitative estimate of drug-likeness (QED) is 0.662. The minimum absolute atomic E-state index is 0.129. The summed E-state index contributed by atoms with van der Waals surface area (Å²) in [5.74, 6) is -0.312. The Kier molecular flexibility index (Phi) is 7.49. The molecule has 0 bridgehead atoms. The second-order valence-corrected chi connectivity index (χ2v) is 7.23. The summed E-state index contributed by atoms with van der Waals surface area (Å²) in [6.07, 6.45) is 1.26. The number of carbonyl (C=O) groups excluding carboxylic acids is 2. The molecule has 1 N–H and O–H groups in total. The lowest BCUT2D eigenvalue weighted by molar-refractivity contribution is -0.129. The number of benzene rings is 2. The van der Waals surface area contributed by atoms with Crippen LogP contribution in [0.4, 0.5) is 0 Å². The van der Waals surface area contributed by atoms with Crippen molar-refractivity contribution in [3.05, 3.63) is 64.7 Å². The number of nitrogens with one attached hydrogen (secondary N) is 1. The van der Waals surface area contributed by atoms with Crippen LogP contribution >= 0.6 is 11.6 Å². The summed E-state index contributed by atoms with van der Waals surface area (Å²) < 4.78 is 16.4. The second kappa shape index (κ2) is 10.3. The molecule has 29 heavy (non-hydrogen) atoms. The zero-order valence-corrected chi connectivity index (χ0v) is 17.0. The van der Waals surface area contributed by atoms with Crippen LogP contribution in [-0.4, -0.2) is 37.3 Å². The first-order valence-corrected chi connectivity index (χ1v) is 9.97. The Morgan fingerprint density at radius 2 is 1.97 bits per heavy atom. The van der Waals surface area contributed by atoms with Gasteiger partial charge < -0.3 is 19.5 Å². The van der Waals surface area contributed by atoms with E-state index in [2.05, 4.69) is 5.32 Å². The minimum atomic E-state index is -0.930. The van der Waals surface area contributed by atoms with E-state index in [1.807, 2.05) is 18.2 Å². The Labute approximate surface area is 175 Å². The van der Waals surface area contributed by atoms with Crippen LogP contribution in [0.25, 0.3) is 0 Å². The lowest BCUT2D eigenvalue weighted by atomic mass is 10.2. The van der Waals surface area contributed by atoms with Gasteiger partial charge in [-0.1, -0.05) is 29.8 Å². The molecule has 154 valence electrons. The van der Waals surface area contributed by atoms with Crippen molar-refractivity contribution < 1.29 is 23.8 Å². The van der Waals surface area contributed by atoms with E-state index >= 15 is 0 Å². The first kappa shape index (κ1) is 21.1. The third kappa shape index (κ3) is 6.21. The first-order chi connectivity index (χ1) is 14.0. The summed E-state index contributed by atoms with van der Waals surface area (Å²) in [7, 11) is 0. The molecule has 2 atom stereocenters. The number of halogens is 1. The molecule has 0 unspecified atom stereocenters. The number of ether oxygens (including phenoxy) is 3. The zero-order valence-electron chi connectivity index (χ0n) is 16.2. The van der Waals surface area contributed by atoms with E-state index in [4.69, 9.17) is 25.8 Å². The number of hydrogen-bond acceptors (Lipinski definition) is 5. The molecular weight excluding hydrogens is 394 g/mol. The summed E-state index contributed by atoms with van der Waals surface area (Å²) in [5, 5.41) is 3.29. The van der Waals surface area contributed by atoms with Crippen molar-refractivity contribution in [2.24, 2.45) is 0 Å². The van der Waals surface area contributed by atoms with Crippen molar-refractivity contribution in [3.63, 3.8) is 0 Å². The molecule has 1 heterocycles. The highest BCUT2D eigenvalue weighted by atomic mass is 35.5. The summed E-state index contributed by atoms with van der Waals surface area (Å²) in [6, 6.07) is 13.9. The highest BCUT2D eigenvalue weighted by Gasteiger charge is 2.19. The normalized spacial score (nSPS) is 16.8. The molecule has 6 nitrogen and oxygen atoms in total. The highest BCUT2D eigenvalue weighted by Crippen LogP contribution is 2.18. The predicted molar refractivity (Wildman–Crippen MR) is 109 cm³/mol. The van der Waals surface area contributed by atoms with Crippen LogP contribution in [-0.2, 0) is 20.8 Å². The fourth-order valence-corrected chi connectivity index (χ4v) is 3.10. The van der Waals surface area contributed by atoms with Gasteiger partial charge in [0.1, 0.15) is 12.4 Å². The molecule has 1 fully saturated rings. The molecule has 1 aliphatic heterocycles. The Bertz CT molecular complexity index is 833. The van der Waals surface area contributed by atoms with Crippen LogP contribution in [0.15, 0.2) is 48.5 Å². The van der Waals surface area contributed by atoms with Crippen molar-refractivity contribution >= 4 is 23.5 Å². The first-order valence-electron chi connectivity index (χ1n) is 9.59. The maximum Gasteiger partial charge on any atom is 0.338 e. The molecule has 0 saturated carbocycles. The summed E-state index contributed by atoms with van der Waals surface area (Å²) in [4.78, 5) is 24.5. The van der Waals surface area contributed by atoms with Gasteiger partial charge in [-0.2, -0.15) is 0 Å². The van der Waals surface area contributed by atoms with Gasteiger partial charge in [0.25, 0.3) is 5.91 Å². The fraction of sp³-hybridized carbons (Fsp3) is 0.364. The van der Waals surface area contributed by atoms with Crippen LogP contribution in [0, 0.1) is 0 Å². The van der Waals surface area contributed by atoms with Gasteiger partial charge in [0.2, 0.25) is 0 Å². The molecule has 0 spiro atoms. The van der Waals surface area contributed by atoms with Gasteiger partial charge in [-0.25, -0.2) is 4.79 Å². The number of esters is 1. The molecule has 1 amide bonds. The van der Waals surface area contributed by atoms with Crippen molar-refractivity contribution in [2.45, 2.75) is 38.5 Å². The molecule has 0 aliphatic carbocycles. The Hall–Kier alpha value is -2.57. The van der Waals surface area contributed by atoms with E-state index in [1.54, 1.807) is 30.3 Å². The van der Waals surface area contributed by atoms with Crippen molar-refractivity contribution in [1.82, 2.24) is 5.32 Å². The second-order valence-electron chi connectivity index (χ2n) is 6.83. The monoisotopic (exact) mass is 417 g/mol.